The minimum Gasteiger partial charge on any atom is -0.508 e. The predicted octanol–water partition coefficient (Wildman–Crippen LogP) is 5.47. The number of carbonyl (C=O) groups excluding carboxylic acids is 1. The van der Waals surface area contributed by atoms with Crippen LogP contribution in [0.25, 0.3) is 17.2 Å². The van der Waals surface area contributed by atoms with Gasteiger partial charge in [-0.05, 0) is 53.2 Å². The highest BCUT2D eigenvalue weighted by Crippen LogP contribution is 2.43. The summed E-state index contributed by atoms with van der Waals surface area (Å²) in [5.74, 6) is 0.0359. The summed E-state index contributed by atoms with van der Waals surface area (Å²) in [5.41, 5.74) is 4.26. The number of benzene rings is 2. The molecule has 0 saturated heterocycles. The monoisotopic (exact) mass is 350 g/mol. The first-order valence-corrected chi connectivity index (χ1v) is 9.22. The van der Waals surface area contributed by atoms with Gasteiger partial charge in [-0.2, -0.15) is 0 Å². The minimum atomic E-state index is -0.363. The number of methoxy groups -OCH3 is 1. The van der Waals surface area contributed by atoms with Crippen molar-refractivity contribution < 1.29 is 14.6 Å². The molecule has 1 aliphatic rings. The lowest BCUT2D eigenvalue weighted by atomic mass is 9.70. The first-order chi connectivity index (χ1) is 12.5. The number of ether oxygens (including phenoxy) is 1. The van der Waals surface area contributed by atoms with Gasteiger partial charge >= 0.3 is 5.97 Å². The van der Waals surface area contributed by atoms with Gasteiger partial charge in [0.1, 0.15) is 5.75 Å². The largest absolute Gasteiger partial charge is 0.508 e. The van der Waals surface area contributed by atoms with Crippen molar-refractivity contribution in [2.75, 3.05) is 7.11 Å². The summed E-state index contributed by atoms with van der Waals surface area (Å²) >= 11 is 0. The van der Waals surface area contributed by atoms with E-state index in [4.69, 9.17) is 0 Å². The number of phenolic OH excluding ortho intramolecular Hbond substituents is 1. The molecular formula is C23H26O3. The molecule has 3 nitrogen and oxygen atoms in total. The summed E-state index contributed by atoms with van der Waals surface area (Å²) in [7, 11) is 1.37. The van der Waals surface area contributed by atoms with Crippen molar-refractivity contribution in [1.82, 2.24) is 0 Å². The number of carbonyl (C=O) groups is 1. The second kappa shape index (κ2) is 7.77. The van der Waals surface area contributed by atoms with E-state index in [1.165, 1.54) is 32.4 Å². The van der Waals surface area contributed by atoms with Crippen molar-refractivity contribution in [3.8, 4) is 16.9 Å². The zero-order valence-corrected chi connectivity index (χ0v) is 15.5. The molecule has 0 aliphatic heterocycles. The summed E-state index contributed by atoms with van der Waals surface area (Å²) in [6.45, 7) is 2.27. The third-order valence-corrected chi connectivity index (χ3v) is 5.46. The summed E-state index contributed by atoms with van der Waals surface area (Å²) in [4.78, 5) is 11.2. The molecule has 2 aromatic rings. The van der Waals surface area contributed by atoms with Crippen LogP contribution in [0.3, 0.4) is 0 Å². The zero-order valence-electron chi connectivity index (χ0n) is 15.5. The second-order valence-corrected chi connectivity index (χ2v) is 7.33. The van der Waals surface area contributed by atoms with Crippen molar-refractivity contribution >= 4 is 12.0 Å². The van der Waals surface area contributed by atoms with E-state index in [0.29, 0.717) is 5.75 Å². The van der Waals surface area contributed by atoms with Crippen LogP contribution in [0.15, 0.2) is 48.5 Å². The van der Waals surface area contributed by atoms with Crippen LogP contribution in [0.5, 0.6) is 5.75 Å². The molecular weight excluding hydrogens is 324 g/mol. The van der Waals surface area contributed by atoms with Crippen LogP contribution < -0.4 is 0 Å². The van der Waals surface area contributed by atoms with E-state index >= 15 is 0 Å². The van der Waals surface area contributed by atoms with Crippen molar-refractivity contribution in [3.63, 3.8) is 0 Å². The van der Waals surface area contributed by atoms with Gasteiger partial charge in [0.15, 0.2) is 0 Å². The van der Waals surface area contributed by atoms with Gasteiger partial charge in [0.25, 0.3) is 0 Å². The minimum absolute atomic E-state index is 0.0571. The number of aromatic hydroxyl groups is 1. The van der Waals surface area contributed by atoms with Gasteiger partial charge < -0.3 is 9.84 Å². The lowest BCUT2D eigenvalue weighted by Gasteiger charge is -2.34. The fourth-order valence-electron chi connectivity index (χ4n) is 3.82. The standard InChI is InChI=1S/C23H26O3/c1-23(14-4-3-5-15-23)20-16-19(11-12-21(20)24)18-9-6-17(7-10-18)8-13-22(25)26-2/h6-13,16,24H,3-5,14-15H2,1-2H3/b13-8+. The Labute approximate surface area is 155 Å². The van der Waals surface area contributed by atoms with Gasteiger partial charge in [-0.15, -0.1) is 0 Å². The molecule has 1 N–H and O–H groups in total. The molecule has 2 aromatic carbocycles. The van der Waals surface area contributed by atoms with Crippen LogP contribution >= 0.6 is 0 Å². The number of rotatable bonds is 4. The van der Waals surface area contributed by atoms with Crippen molar-refractivity contribution in [1.29, 1.82) is 0 Å². The quantitative estimate of drug-likeness (QED) is 0.588. The van der Waals surface area contributed by atoms with E-state index in [-0.39, 0.29) is 11.4 Å². The first-order valence-electron chi connectivity index (χ1n) is 9.22. The fraction of sp³-hybridized carbons (Fsp3) is 0.348. The highest BCUT2D eigenvalue weighted by molar-refractivity contribution is 5.87. The molecule has 0 atom stereocenters. The third-order valence-electron chi connectivity index (χ3n) is 5.46. The SMILES string of the molecule is COC(=O)/C=C/c1ccc(-c2ccc(O)c(C3(C)CCCCC3)c2)cc1. The highest BCUT2D eigenvalue weighted by atomic mass is 16.5. The molecule has 0 amide bonds. The lowest BCUT2D eigenvalue weighted by molar-refractivity contribution is -0.134. The van der Waals surface area contributed by atoms with Crippen molar-refractivity contribution in [3.05, 3.63) is 59.7 Å². The third kappa shape index (κ3) is 3.98. The van der Waals surface area contributed by atoms with E-state index in [1.807, 2.05) is 36.4 Å². The van der Waals surface area contributed by atoms with Gasteiger partial charge in [-0.25, -0.2) is 4.79 Å². The van der Waals surface area contributed by atoms with Crippen LogP contribution in [0.4, 0.5) is 0 Å². The van der Waals surface area contributed by atoms with Crippen LogP contribution in [0.2, 0.25) is 0 Å². The Balaban J connectivity index is 1.87. The maximum Gasteiger partial charge on any atom is 0.330 e. The summed E-state index contributed by atoms with van der Waals surface area (Å²) in [6, 6.07) is 13.9. The van der Waals surface area contributed by atoms with Gasteiger partial charge in [0.2, 0.25) is 0 Å². The molecule has 1 fully saturated rings. The molecule has 0 radical (unpaired) electrons. The molecule has 136 valence electrons. The molecule has 3 rings (SSSR count). The van der Waals surface area contributed by atoms with E-state index in [9.17, 15) is 9.90 Å². The van der Waals surface area contributed by atoms with Crippen molar-refractivity contribution in [2.45, 2.75) is 44.4 Å². The van der Waals surface area contributed by atoms with E-state index in [2.05, 4.69) is 17.7 Å². The molecule has 0 bridgehead atoms. The van der Waals surface area contributed by atoms with Crippen LogP contribution in [0, 0.1) is 0 Å². The Bertz CT molecular complexity index is 797. The average molecular weight is 350 g/mol. The number of phenols is 1. The van der Waals surface area contributed by atoms with Crippen LogP contribution in [-0.4, -0.2) is 18.2 Å². The number of hydrogen-bond acceptors (Lipinski definition) is 3. The Kier molecular flexibility index (Phi) is 5.46. The van der Waals surface area contributed by atoms with Crippen LogP contribution in [-0.2, 0) is 14.9 Å². The first kappa shape index (κ1) is 18.2. The van der Waals surface area contributed by atoms with Crippen LogP contribution in [0.1, 0.15) is 50.2 Å². The Morgan fingerprint density at radius 1 is 1.04 bits per heavy atom. The Hall–Kier alpha value is -2.55. The fourth-order valence-corrected chi connectivity index (χ4v) is 3.82. The molecule has 1 saturated carbocycles. The molecule has 0 spiro atoms. The Morgan fingerprint density at radius 2 is 1.69 bits per heavy atom. The van der Waals surface area contributed by atoms with Gasteiger partial charge in [0.05, 0.1) is 7.11 Å². The molecule has 3 heteroatoms. The molecule has 1 aliphatic carbocycles. The second-order valence-electron chi connectivity index (χ2n) is 7.33. The molecule has 0 unspecified atom stereocenters. The predicted molar refractivity (Wildman–Crippen MR) is 105 cm³/mol. The maximum absolute atomic E-state index is 11.2. The summed E-state index contributed by atoms with van der Waals surface area (Å²) in [5, 5.41) is 10.4. The van der Waals surface area contributed by atoms with Crippen molar-refractivity contribution in [2.24, 2.45) is 0 Å². The number of esters is 1. The molecule has 0 heterocycles. The summed E-state index contributed by atoms with van der Waals surface area (Å²) in [6.07, 6.45) is 9.14. The smallest absolute Gasteiger partial charge is 0.330 e. The lowest BCUT2D eigenvalue weighted by Crippen LogP contribution is -2.25. The molecule has 26 heavy (non-hydrogen) atoms. The summed E-state index contributed by atoms with van der Waals surface area (Å²) < 4.78 is 4.61. The van der Waals surface area contributed by atoms with E-state index < -0.39 is 0 Å². The molecule has 0 aromatic heterocycles. The highest BCUT2D eigenvalue weighted by Gasteiger charge is 2.31. The van der Waals surface area contributed by atoms with Gasteiger partial charge in [-0.3, -0.25) is 0 Å². The zero-order chi connectivity index (χ0) is 18.6. The van der Waals surface area contributed by atoms with E-state index in [1.54, 1.807) is 6.08 Å². The normalized spacial score (nSPS) is 16.5. The Morgan fingerprint density at radius 3 is 2.35 bits per heavy atom. The number of hydrogen-bond donors (Lipinski definition) is 1. The maximum atomic E-state index is 11.2. The average Bonchev–Trinajstić information content (AvgIpc) is 2.67. The topological polar surface area (TPSA) is 46.5 Å². The van der Waals surface area contributed by atoms with Gasteiger partial charge in [-0.1, -0.05) is 56.5 Å². The van der Waals surface area contributed by atoms with Gasteiger partial charge in [0, 0.05) is 11.6 Å². The van der Waals surface area contributed by atoms with E-state index in [0.717, 1.165) is 35.1 Å².